The molecular weight excluding hydrogens is 304 g/mol. The van der Waals surface area contributed by atoms with Crippen LogP contribution in [-0.4, -0.2) is 46.6 Å². The summed E-state index contributed by atoms with van der Waals surface area (Å²) >= 11 is 0. The number of likely N-dealkylation sites (tertiary alicyclic amines) is 1. The predicted octanol–water partition coefficient (Wildman–Crippen LogP) is 2.21. The van der Waals surface area contributed by atoms with Gasteiger partial charge in [0.05, 0.1) is 18.3 Å². The van der Waals surface area contributed by atoms with E-state index in [9.17, 15) is 4.79 Å². The fraction of sp³-hybridized carbons (Fsp3) is 0.556. The number of carbonyl (C=O) groups is 1. The van der Waals surface area contributed by atoms with Gasteiger partial charge in [-0.25, -0.2) is 9.78 Å². The fourth-order valence-corrected chi connectivity index (χ4v) is 4.24. The summed E-state index contributed by atoms with van der Waals surface area (Å²) in [5.41, 5.74) is 2.97. The number of ether oxygens (including phenoxy) is 1. The summed E-state index contributed by atoms with van der Waals surface area (Å²) in [5.74, 6) is 0.968. The van der Waals surface area contributed by atoms with Crippen LogP contribution < -0.4 is 5.32 Å². The summed E-state index contributed by atoms with van der Waals surface area (Å²) in [6, 6.07) is 4.04. The first kappa shape index (κ1) is 15.4. The van der Waals surface area contributed by atoms with E-state index >= 15 is 0 Å². The van der Waals surface area contributed by atoms with Crippen LogP contribution in [-0.2, 0) is 11.3 Å². The Labute approximate surface area is 141 Å². The van der Waals surface area contributed by atoms with Crippen molar-refractivity contribution in [1.82, 2.24) is 19.6 Å². The van der Waals surface area contributed by atoms with E-state index in [1.54, 1.807) is 7.11 Å². The topological polar surface area (TPSA) is 58.9 Å². The third kappa shape index (κ3) is 2.75. The van der Waals surface area contributed by atoms with Gasteiger partial charge in [-0.05, 0) is 31.4 Å². The molecule has 0 spiro atoms. The zero-order valence-electron chi connectivity index (χ0n) is 14.2. The lowest BCUT2D eigenvalue weighted by molar-refractivity contribution is -0.00510. The van der Waals surface area contributed by atoms with Crippen molar-refractivity contribution in [3.05, 3.63) is 35.8 Å². The maximum absolute atomic E-state index is 12.5. The molecule has 2 aliphatic rings. The summed E-state index contributed by atoms with van der Waals surface area (Å²) in [4.78, 5) is 19.0. The molecule has 1 aliphatic heterocycles. The van der Waals surface area contributed by atoms with Crippen molar-refractivity contribution in [3.63, 3.8) is 0 Å². The fourth-order valence-electron chi connectivity index (χ4n) is 4.24. The highest BCUT2D eigenvalue weighted by Gasteiger charge is 2.43. The molecule has 3 heterocycles. The van der Waals surface area contributed by atoms with Gasteiger partial charge in [-0.2, -0.15) is 0 Å². The minimum absolute atomic E-state index is 0.00897. The monoisotopic (exact) mass is 328 g/mol. The molecule has 128 valence electrons. The molecule has 4 rings (SSSR count). The number of rotatable bonds is 3. The highest BCUT2D eigenvalue weighted by Crippen LogP contribution is 2.38. The molecule has 6 nitrogen and oxygen atoms in total. The lowest BCUT2D eigenvalue weighted by atomic mass is 9.95. The predicted molar refractivity (Wildman–Crippen MR) is 90.7 cm³/mol. The van der Waals surface area contributed by atoms with E-state index in [2.05, 4.69) is 17.2 Å². The van der Waals surface area contributed by atoms with Crippen LogP contribution in [0.25, 0.3) is 5.65 Å². The average molecular weight is 328 g/mol. The largest absolute Gasteiger partial charge is 0.381 e. The van der Waals surface area contributed by atoms with Gasteiger partial charge in [0.2, 0.25) is 0 Å². The third-order valence-electron chi connectivity index (χ3n) is 5.38. The lowest BCUT2D eigenvalue weighted by Crippen LogP contribution is -2.51. The number of aromatic nitrogens is 2. The van der Waals surface area contributed by atoms with E-state index in [-0.39, 0.29) is 6.03 Å². The molecular formula is C18H24N4O2. The highest BCUT2D eigenvalue weighted by molar-refractivity contribution is 5.74. The Morgan fingerprint density at radius 2 is 2.04 bits per heavy atom. The van der Waals surface area contributed by atoms with Crippen molar-refractivity contribution in [2.45, 2.75) is 32.4 Å². The second-order valence-electron chi connectivity index (χ2n) is 7.07. The smallest absolute Gasteiger partial charge is 0.317 e. The van der Waals surface area contributed by atoms with Crippen molar-refractivity contribution in [1.29, 1.82) is 0 Å². The Morgan fingerprint density at radius 1 is 1.29 bits per heavy atom. The van der Waals surface area contributed by atoms with Crippen LogP contribution >= 0.6 is 0 Å². The lowest BCUT2D eigenvalue weighted by Gasteiger charge is -2.37. The zero-order valence-corrected chi connectivity index (χ0v) is 14.2. The number of carbonyl (C=O) groups excluding carboxylic acids is 1. The minimum Gasteiger partial charge on any atom is -0.381 e. The number of hydrogen-bond donors (Lipinski definition) is 1. The molecule has 24 heavy (non-hydrogen) atoms. The standard InChI is InChI=1S/C18H24N4O2/c1-12-3-6-16-20-15(11-21(16)8-12)7-19-18(23)22-9-13-4-5-14(10-22)17(13)24-2/h3,6,8,11,13-14,17H,4-5,7,9-10H2,1-2H3,(H,19,23)/t13-,14+,17?. The van der Waals surface area contributed by atoms with Crippen molar-refractivity contribution in [3.8, 4) is 0 Å². The number of amides is 2. The van der Waals surface area contributed by atoms with Crippen LogP contribution in [0, 0.1) is 18.8 Å². The Balaban J connectivity index is 1.38. The van der Waals surface area contributed by atoms with Gasteiger partial charge < -0.3 is 19.4 Å². The van der Waals surface area contributed by atoms with Gasteiger partial charge in [0.15, 0.2) is 0 Å². The van der Waals surface area contributed by atoms with Crippen molar-refractivity contribution < 1.29 is 9.53 Å². The first-order chi connectivity index (χ1) is 11.6. The van der Waals surface area contributed by atoms with E-state index in [1.807, 2.05) is 33.8 Å². The second-order valence-corrected chi connectivity index (χ2v) is 7.07. The van der Waals surface area contributed by atoms with Crippen molar-refractivity contribution in [2.24, 2.45) is 11.8 Å². The van der Waals surface area contributed by atoms with Crippen LogP contribution in [0.2, 0.25) is 0 Å². The van der Waals surface area contributed by atoms with Crippen LogP contribution in [0.5, 0.6) is 0 Å². The molecule has 2 aromatic rings. The number of piperidine rings is 1. The summed E-state index contributed by atoms with van der Waals surface area (Å²) in [6.45, 7) is 4.11. The van der Waals surface area contributed by atoms with Gasteiger partial charge in [-0.1, -0.05) is 6.07 Å². The highest BCUT2D eigenvalue weighted by atomic mass is 16.5. The number of imidazole rings is 1. The second kappa shape index (κ2) is 6.09. The Morgan fingerprint density at radius 3 is 2.75 bits per heavy atom. The average Bonchev–Trinajstić information content (AvgIpc) is 3.08. The normalized spacial score (nSPS) is 26.1. The van der Waals surface area contributed by atoms with E-state index in [1.165, 1.54) is 18.4 Å². The molecule has 0 aromatic carbocycles. The quantitative estimate of drug-likeness (QED) is 0.940. The van der Waals surface area contributed by atoms with Crippen LogP contribution in [0.15, 0.2) is 24.5 Å². The van der Waals surface area contributed by atoms with E-state index in [4.69, 9.17) is 4.74 Å². The molecule has 1 unspecified atom stereocenters. The summed E-state index contributed by atoms with van der Waals surface area (Å²) in [6.07, 6.45) is 6.68. The Hall–Kier alpha value is -2.08. The number of fused-ring (bicyclic) bond motifs is 3. The van der Waals surface area contributed by atoms with E-state index < -0.39 is 0 Å². The number of pyridine rings is 1. The Bertz CT molecular complexity index is 743. The van der Waals surface area contributed by atoms with Gasteiger partial charge in [-0.15, -0.1) is 0 Å². The molecule has 1 saturated heterocycles. The number of aryl methyl sites for hydroxylation is 1. The van der Waals surface area contributed by atoms with Gasteiger partial charge in [0.25, 0.3) is 0 Å². The van der Waals surface area contributed by atoms with E-state index in [0.29, 0.717) is 24.5 Å². The zero-order chi connectivity index (χ0) is 16.7. The molecule has 2 bridgehead atoms. The molecule has 1 saturated carbocycles. The van der Waals surface area contributed by atoms with E-state index in [0.717, 1.165) is 24.4 Å². The number of nitrogens with zero attached hydrogens (tertiary/aromatic N) is 3. The Kier molecular flexibility index (Phi) is 3.92. The molecule has 6 heteroatoms. The molecule has 1 aliphatic carbocycles. The maximum Gasteiger partial charge on any atom is 0.317 e. The molecule has 0 radical (unpaired) electrons. The van der Waals surface area contributed by atoms with Gasteiger partial charge >= 0.3 is 6.03 Å². The van der Waals surface area contributed by atoms with Crippen LogP contribution in [0.3, 0.4) is 0 Å². The van der Waals surface area contributed by atoms with Crippen molar-refractivity contribution >= 4 is 11.7 Å². The molecule has 3 atom stereocenters. The number of nitrogens with one attached hydrogen (secondary N) is 1. The summed E-state index contributed by atoms with van der Waals surface area (Å²) in [5, 5.41) is 3.02. The van der Waals surface area contributed by atoms with Gasteiger partial charge in [0.1, 0.15) is 5.65 Å². The van der Waals surface area contributed by atoms with Crippen LogP contribution in [0.4, 0.5) is 4.79 Å². The number of methoxy groups -OCH3 is 1. The minimum atomic E-state index is 0.00897. The summed E-state index contributed by atoms with van der Waals surface area (Å²) in [7, 11) is 1.79. The first-order valence-corrected chi connectivity index (χ1v) is 8.64. The SMILES string of the molecule is COC1[C@@H]2CC[C@H]1CN(C(=O)NCc1cn3cc(C)ccc3n1)C2. The van der Waals surface area contributed by atoms with Crippen LogP contribution in [0.1, 0.15) is 24.1 Å². The van der Waals surface area contributed by atoms with Gasteiger partial charge in [0, 0.05) is 44.4 Å². The maximum atomic E-state index is 12.5. The third-order valence-corrected chi connectivity index (χ3v) is 5.38. The van der Waals surface area contributed by atoms with Crippen molar-refractivity contribution in [2.75, 3.05) is 20.2 Å². The molecule has 1 N–H and O–H groups in total. The molecule has 2 amide bonds. The number of urea groups is 1. The molecule has 2 aromatic heterocycles. The molecule has 2 fully saturated rings. The first-order valence-electron chi connectivity index (χ1n) is 8.64. The summed E-state index contributed by atoms with van der Waals surface area (Å²) < 4.78 is 7.61. The number of hydrogen-bond acceptors (Lipinski definition) is 3. The van der Waals surface area contributed by atoms with Gasteiger partial charge in [-0.3, -0.25) is 0 Å².